The van der Waals surface area contributed by atoms with Crippen LogP contribution in [0.15, 0.2) is 36.5 Å². The molecule has 2 heterocycles. The van der Waals surface area contributed by atoms with Gasteiger partial charge in [0.15, 0.2) is 11.5 Å². The number of benzene rings is 2. The second kappa shape index (κ2) is 9.47. The normalized spacial score (nSPS) is 15.5. The van der Waals surface area contributed by atoms with E-state index in [1.54, 1.807) is 14.0 Å². The number of hydrogen-bond donors (Lipinski definition) is 1. The third-order valence-corrected chi connectivity index (χ3v) is 6.23. The van der Waals surface area contributed by atoms with Gasteiger partial charge in [-0.3, -0.25) is 9.59 Å². The average Bonchev–Trinajstić information content (AvgIpc) is 3.19. The van der Waals surface area contributed by atoms with Crippen molar-refractivity contribution in [3.05, 3.63) is 58.8 Å². The summed E-state index contributed by atoms with van der Waals surface area (Å²) in [4.78, 5) is 28.6. The van der Waals surface area contributed by atoms with Gasteiger partial charge in [0.1, 0.15) is 5.78 Å². The Morgan fingerprint density at radius 3 is 2.81 bits per heavy atom. The number of methoxy groups -OCH3 is 1. The number of Topliss-reactive ketones (excluding diaryl/α,β-unsaturated/α-hetero) is 1. The first-order valence-electron chi connectivity index (χ1n) is 11.2. The van der Waals surface area contributed by atoms with Crippen molar-refractivity contribution in [3.63, 3.8) is 0 Å². The van der Waals surface area contributed by atoms with Gasteiger partial charge < -0.3 is 19.4 Å². The number of H-pyrrole nitrogens is 1. The number of carbonyl (C=O) groups is 2. The summed E-state index contributed by atoms with van der Waals surface area (Å²) in [5, 5.41) is 1.14. The van der Waals surface area contributed by atoms with Crippen molar-refractivity contribution in [1.82, 2.24) is 9.88 Å². The maximum absolute atomic E-state index is 11.9. The molecule has 3 aromatic rings. The van der Waals surface area contributed by atoms with Crippen molar-refractivity contribution in [3.8, 4) is 11.5 Å². The molecule has 2 aromatic carbocycles. The zero-order chi connectivity index (χ0) is 22.7. The Labute approximate surface area is 188 Å². The molecule has 0 spiro atoms. The number of aryl methyl sites for hydroxylation is 1. The predicted molar refractivity (Wildman–Crippen MR) is 124 cm³/mol. The molecule has 0 unspecified atom stereocenters. The Balaban J connectivity index is 1.63. The molecule has 0 aliphatic carbocycles. The highest BCUT2D eigenvalue weighted by molar-refractivity contribution is 5.86. The lowest BCUT2D eigenvalue weighted by Crippen LogP contribution is -2.34. The zero-order valence-corrected chi connectivity index (χ0v) is 18.9. The summed E-state index contributed by atoms with van der Waals surface area (Å²) in [6.07, 6.45) is 5.85. The fourth-order valence-electron chi connectivity index (χ4n) is 4.73. The van der Waals surface area contributed by atoms with Crippen LogP contribution in [-0.2, 0) is 28.9 Å². The first-order valence-corrected chi connectivity index (χ1v) is 11.2. The minimum atomic E-state index is -0.0216. The summed E-state index contributed by atoms with van der Waals surface area (Å²) in [6, 6.07) is 10.2. The molecule has 1 aliphatic heterocycles. The highest BCUT2D eigenvalue weighted by Crippen LogP contribution is 2.40. The Bertz CT molecular complexity index is 1130. The van der Waals surface area contributed by atoms with Gasteiger partial charge in [-0.2, -0.15) is 0 Å². The molecule has 4 rings (SSSR count). The Kier molecular flexibility index (Phi) is 6.49. The van der Waals surface area contributed by atoms with E-state index < -0.39 is 0 Å². The Morgan fingerprint density at radius 1 is 1.25 bits per heavy atom. The first kappa shape index (κ1) is 21.9. The molecule has 32 heavy (non-hydrogen) atoms. The SMILES string of the molecule is CCOc1cc2c(cc1OC)CCN(C=O)[C@H]2CCc1c[nH]c2ccc(CC(C)=O)cc12. The number of nitrogens with zero attached hydrogens (tertiary/aromatic N) is 1. The number of ether oxygens (including phenoxy) is 2. The molecule has 1 atom stereocenters. The van der Waals surface area contributed by atoms with Crippen LogP contribution in [-0.4, -0.2) is 42.3 Å². The number of fused-ring (bicyclic) bond motifs is 2. The smallest absolute Gasteiger partial charge is 0.210 e. The zero-order valence-electron chi connectivity index (χ0n) is 18.9. The third kappa shape index (κ3) is 4.35. The molecule has 6 nitrogen and oxygen atoms in total. The second-order valence-electron chi connectivity index (χ2n) is 8.36. The van der Waals surface area contributed by atoms with Crippen LogP contribution >= 0.6 is 0 Å². The van der Waals surface area contributed by atoms with E-state index in [4.69, 9.17) is 9.47 Å². The van der Waals surface area contributed by atoms with E-state index in [0.29, 0.717) is 25.3 Å². The molecule has 1 N–H and O–H groups in total. The van der Waals surface area contributed by atoms with Crippen molar-refractivity contribution in [2.24, 2.45) is 0 Å². The average molecular weight is 435 g/mol. The van der Waals surface area contributed by atoms with Gasteiger partial charge >= 0.3 is 0 Å². The van der Waals surface area contributed by atoms with Gasteiger partial charge in [0, 0.05) is 30.1 Å². The largest absolute Gasteiger partial charge is 0.493 e. The molecule has 1 aliphatic rings. The summed E-state index contributed by atoms with van der Waals surface area (Å²) in [5.74, 6) is 1.61. The molecule has 0 bridgehead atoms. The Morgan fingerprint density at radius 2 is 2.09 bits per heavy atom. The molecule has 1 amide bonds. The Hall–Kier alpha value is -3.28. The first-order chi connectivity index (χ1) is 15.5. The lowest BCUT2D eigenvalue weighted by molar-refractivity contribution is -0.121. The summed E-state index contributed by atoms with van der Waals surface area (Å²) in [7, 11) is 1.65. The summed E-state index contributed by atoms with van der Waals surface area (Å²) in [5.41, 5.74) is 5.62. The van der Waals surface area contributed by atoms with Crippen molar-refractivity contribution < 1.29 is 19.1 Å². The monoisotopic (exact) mass is 434 g/mol. The van der Waals surface area contributed by atoms with Gasteiger partial charge in [-0.15, -0.1) is 0 Å². The molecule has 0 fully saturated rings. The standard InChI is InChI=1S/C26H30N2O4/c1-4-32-26-14-22-19(13-25(26)31-3)9-10-28(16-29)24(22)8-6-20-15-27-23-7-5-18(11-17(2)30)12-21(20)23/h5,7,12-16,24,27H,4,6,8-11H2,1-3H3/t24-/m0/s1. The molecular formula is C26H30N2O4. The van der Waals surface area contributed by atoms with E-state index in [1.807, 2.05) is 36.2 Å². The van der Waals surface area contributed by atoms with Crippen LogP contribution in [0.5, 0.6) is 11.5 Å². The van der Waals surface area contributed by atoms with E-state index >= 15 is 0 Å². The second-order valence-corrected chi connectivity index (χ2v) is 8.36. The number of aromatic nitrogens is 1. The number of hydrogen-bond acceptors (Lipinski definition) is 4. The van der Waals surface area contributed by atoms with Gasteiger partial charge in [-0.25, -0.2) is 0 Å². The van der Waals surface area contributed by atoms with Gasteiger partial charge in [0.05, 0.1) is 19.8 Å². The van der Waals surface area contributed by atoms with E-state index in [9.17, 15) is 9.59 Å². The summed E-state index contributed by atoms with van der Waals surface area (Å²) in [6.45, 7) is 4.80. The van der Waals surface area contributed by atoms with E-state index in [1.165, 1.54) is 11.1 Å². The number of nitrogens with one attached hydrogen (secondary N) is 1. The van der Waals surface area contributed by atoms with Crippen molar-refractivity contribution in [2.75, 3.05) is 20.3 Å². The van der Waals surface area contributed by atoms with Gasteiger partial charge in [-0.05, 0) is 79.6 Å². The van der Waals surface area contributed by atoms with Crippen LogP contribution in [0.25, 0.3) is 10.9 Å². The number of amides is 1. The van der Waals surface area contributed by atoms with Crippen LogP contribution in [0.1, 0.15) is 48.6 Å². The van der Waals surface area contributed by atoms with Crippen LogP contribution < -0.4 is 9.47 Å². The van der Waals surface area contributed by atoms with Gasteiger partial charge in [0.25, 0.3) is 0 Å². The van der Waals surface area contributed by atoms with Crippen molar-refractivity contribution in [1.29, 1.82) is 0 Å². The summed E-state index contributed by atoms with van der Waals surface area (Å²) >= 11 is 0. The van der Waals surface area contributed by atoms with Gasteiger partial charge in [0.2, 0.25) is 6.41 Å². The fourth-order valence-corrected chi connectivity index (χ4v) is 4.73. The molecule has 0 saturated heterocycles. The lowest BCUT2D eigenvalue weighted by atomic mass is 9.88. The van der Waals surface area contributed by atoms with E-state index in [0.717, 1.165) is 53.5 Å². The van der Waals surface area contributed by atoms with Gasteiger partial charge in [-0.1, -0.05) is 6.07 Å². The van der Waals surface area contributed by atoms with Crippen LogP contribution in [0, 0.1) is 0 Å². The molecule has 0 saturated carbocycles. The van der Waals surface area contributed by atoms with E-state index in [2.05, 4.69) is 17.1 Å². The minimum absolute atomic E-state index is 0.0216. The maximum Gasteiger partial charge on any atom is 0.210 e. The molecule has 1 aromatic heterocycles. The van der Waals surface area contributed by atoms with Crippen molar-refractivity contribution in [2.45, 2.75) is 45.6 Å². The third-order valence-electron chi connectivity index (χ3n) is 6.23. The summed E-state index contributed by atoms with van der Waals surface area (Å²) < 4.78 is 11.3. The molecule has 168 valence electrons. The molecule has 6 heteroatoms. The predicted octanol–water partition coefficient (Wildman–Crippen LogP) is 4.40. The quantitative estimate of drug-likeness (QED) is 0.507. The van der Waals surface area contributed by atoms with Crippen LogP contribution in [0.4, 0.5) is 0 Å². The van der Waals surface area contributed by atoms with E-state index in [-0.39, 0.29) is 11.8 Å². The molecular weight excluding hydrogens is 404 g/mol. The highest BCUT2D eigenvalue weighted by Gasteiger charge is 2.28. The highest BCUT2D eigenvalue weighted by atomic mass is 16.5. The number of rotatable bonds is 9. The number of aromatic amines is 1. The maximum atomic E-state index is 11.9. The lowest BCUT2D eigenvalue weighted by Gasteiger charge is -2.35. The molecule has 0 radical (unpaired) electrons. The minimum Gasteiger partial charge on any atom is -0.493 e. The van der Waals surface area contributed by atoms with Crippen LogP contribution in [0.3, 0.4) is 0 Å². The number of carbonyl (C=O) groups excluding carboxylic acids is 2. The topological polar surface area (TPSA) is 71.6 Å². The van der Waals surface area contributed by atoms with Crippen LogP contribution in [0.2, 0.25) is 0 Å². The van der Waals surface area contributed by atoms with Crippen molar-refractivity contribution >= 4 is 23.1 Å². The number of ketones is 1. The fraction of sp³-hybridized carbons (Fsp3) is 0.385.